The Kier molecular flexibility index (Phi) is 3.48. The van der Waals surface area contributed by atoms with Crippen LogP contribution >= 0.6 is 0 Å². The minimum atomic E-state index is -0.0820. The van der Waals surface area contributed by atoms with Gasteiger partial charge in [0.1, 0.15) is 0 Å². The Morgan fingerprint density at radius 1 is 1.53 bits per heavy atom. The second-order valence-electron chi connectivity index (χ2n) is 4.54. The standard InChI is InChI=1S/C14H18O3/c1-3-17-14(16)13-7-12(13)10-4-5-11(8-15)9(2)6-10/h4-6,12-13,15H,3,7-8H2,1-2H3. The van der Waals surface area contributed by atoms with Gasteiger partial charge in [0.2, 0.25) is 0 Å². The minimum Gasteiger partial charge on any atom is -0.466 e. The number of carbonyl (C=O) groups excluding carboxylic acids is 1. The van der Waals surface area contributed by atoms with Crippen LogP contribution in [0.2, 0.25) is 0 Å². The van der Waals surface area contributed by atoms with Gasteiger partial charge in [-0.3, -0.25) is 4.79 Å². The maximum atomic E-state index is 11.5. The summed E-state index contributed by atoms with van der Waals surface area (Å²) in [5.41, 5.74) is 3.21. The van der Waals surface area contributed by atoms with E-state index in [0.29, 0.717) is 12.5 Å². The molecule has 0 aromatic heterocycles. The largest absolute Gasteiger partial charge is 0.466 e. The molecule has 0 bridgehead atoms. The fourth-order valence-electron chi connectivity index (χ4n) is 2.20. The van der Waals surface area contributed by atoms with Gasteiger partial charge in [-0.05, 0) is 42.9 Å². The molecule has 1 aliphatic carbocycles. The molecular weight excluding hydrogens is 216 g/mol. The molecule has 1 saturated carbocycles. The molecule has 0 amide bonds. The number of aryl methyl sites for hydroxylation is 1. The van der Waals surface area contributed by atoms with Gasteiger partial charge in [-0.1, -0.05) is 18.2 Å². The monoisotopic (exact) mass is 234 g/mol. The van der Waals surface area contributed by atoms with E-state index in [1.54, 1.807) is 0 Å². The summed E-state index contributed by atoms with van der Waals surface area (Å²) < 4.78 is 5.01. The number of rotatable bonds is 4. The summed E-state index contributed by atoms with van der Waals surface area (Å²) in [6.45, 7) is 4.33. The SMILES string of the molecule is CCOC(=O)C1CC1c1ccc(CO)c(C)c1. The fraction of sp³-hybridized carbons (Fsp3) is 0.500. The number of carbonyl (C=O) groups is 1. The van der Waals surface area contributed by atoms with E-state index in [4.69, 9.17) is 9.84 Å². The van der Waals surface area contributed by atoms with Crippen LogP contribution < -0.4 is 0 Å². The topological polar surface area (TPSA) is 46.5 Å². The Labute approximate surface area is 101 Å². The molecule has 1 aromatic rings. The van der Waals surface area contributed by atoms with Gasteiger partial charge in [0, 0.05) is 0 Å². The van der Waals surface area contributed by atoms with E-state index in [1.807, 2.05) is 26.0 Å². The molecule has 3 nitrogen and oxygen atoms in total. The zero-order chi connectivity index (χ0) is 12.4. The summed E-state index contributed by atoms with van der Waals surface area (Å²) in [5.74, 6) is 0.260. The third kappa shape index (κ3) is 2.50. The van der Waals surface area contributed by atoms with E-state index in [-0.39, 0.29) is 18.5 Å². The molecule has 92 valence electrons. The maximum Gasteiger partial charge on any atom is 0.309 e. The summed E-state index contributed by atoms with van der Waals surface area (Å²) >= 11 is 0. The predicted molar refractivity (Wildman–Crippen MR) is 64.6 cm³/mol. The van der Waals surface area contributed by atoms with Crippen molar-refractivity contribution >= 4 is 5.97 Å². The Balaban J connectivity index is 2.06. The highest BCUT2D eigenvalue weighted by molar-refractivity contribution is 5.77. The first kappa shape index (κ1) is 12.1. The van der Waals surface area contributed by atoms with Gasteiger partial charge in [0.05, 0.1) is 19.1 Å². The van der Waals surface area contributed by atoms with Crippen molar-refractivity contribution < 1.29 is 14.6 Å². The van der Waals surface area contributed by atoms with Crippen LogP contribution in [0, 0.1) is 12.8 Å². The normalized spacial score (nSPS) is 22.3. The smallest absolute Gasteiger partial charge is 0.309 e. The molecule has 0 heterocycles. The molecule has 17 heavy (non-hydrogen) atoms. The van der Waals surface area contributed by atoms with Crippen molar-refractivity contribution in [1.82, 2.24) is 0 Å². The van der Waals surface area contributed by atoms with E-state index in [0.717, 1.165) is 17.5 Å². The summed E-state index contributed by atoms with van der Waals surface area (Å²) in [6.07, 6.45) is 0.886. The number of hydrogen-bond donors (Lipinski definition) is 1. The van der Waals surface area contributed by atoms with Crippen LogP contribution in [0.4, 0.5) is 0 Å². The third-order valence-corrected chi connectivity index (χ3v) is 3.34. The van der Waals surface area contributed by atoms with Gasteiger partial charge in [0.25, 0.3) is 0 Å². The van der Waals surface area contributed by atoms with Gasteiger partial charge in [-0.25, -0.2) is 0 Å². The van der Waals surface area contributed by atoms with E-state index in [1.165, 1.54) is 5.56 Å². The highest BCUT2D eigenvalue weighted by Gasteiger charge is 2.45. The molecular formula is C14H18O3. The number of hydrogen-bond acceptors (Lipinski definition) is 3. The Bertz CT molecular complexity index is 425. The molecule has 0 spiro atoms. The molecule has 1 N–H and O–H groups in total. The van der Waals surface area contributed by atoms with Crippen molar-refractivity contribution in [1.29, 1.82) is 0 Å². The van der Waals surface area contributed by atoms with Crippen molar-refractivity contribution in [3.05, 3.63) is 34.9 Å². The first-order chi connectivity index (χ1) is 8.17. The Morgan fingerprint density at radius 3 is 2.88 bits per heavy atom. The highest BCUT2D eigenvalue weighted by Crippen LogP contribution is 2.48. The highest BCUT2D eigenvalue weighted by atomic mass is 16.5. The number of ether oxygens (including phenoxy) is 1. The second-order valence-corrected chi connectivity index (χ2v) is 4.54. The number of aliphatic hydroxyl groups excluding tert-OH is 1. The molecule has 0 saturated heterocycles. The number of esters is 1. The molecule has 2 atom stereocenters. The van der Waals surface area contributed by atoms with Crippen molar-refractivity contribution in [2.75, 3.05) is 6.61 Å². The third-order valence-electron chi connectivity index (χ3n) is 3.34. The van der Waals surface area contributed by atoms with Crippen LogP contribution in [0.25, 0.3) is 0 Å². The summed E-state index contributed by atoms with van der Waals surface area (Å²) in [7, 11) is 0. The predicted octanol–water partition coefficient (Wildman–Crippen LogP) is 2.15. The zero-order valence-corrected chi connectivity index (χ0v) is 10.3. The van der Waals surface area contributed by atoms with E-state index in [2.05, 4.69) is 6.07 Å². The average molecular weight is 234 g/mol. The lowest BCUT2D eigenvalue weighted by molar-refractivity contribution is -0.144. The van der Waals surface area contributed by atoms with Crippen molar-refractivity contribution in [3.8, 4) is 0 Å². The summed E-state index contributed by atoms with van der Waals surface area (Å²) in [5, 5.41) is 9.10. The molecule has 2 rings (SSSR count). The fourth-order valence-corrected chi connectivity index (χ4v) is 2.20. The maximum absolute atomic E-state index is 11.5. The van der Waals surface area contributed by atoms with Crippen LogP contribution in [-0.2, 0) is 16.1 Å². The van der Waals surface area contributed by atoms with Gasteiger partial charge < -0.3 is 9.84 Å². The van der Waals surface area contributed by atoms with Crippen LogP contribution in [0.5, 0.6) is 0 Å². The molecule has 0 aliphatic heterocycles. The van der Waals surface area contributed by atoms with Crippen LogP contribution in [-0.4, -0.2) is 17.7 Å². The zero-order valence-electron chi connectivity index (χ0n) is 10.3. The number of benzene rings is 1. The van der Waals surface area contributed by atoms with Crippen LogP contribution in [0.15, 0.2) is 18.2 Å². The molecule has 1 fully saturated rings. The second kappa shape index (κ2) is 4.88. The van der Waals surface area contributed by atoms with Crippen LogP contribution in [0.1, 0.15) is 36.0 Å². The van der Waals surface area contributed by atoms with E-state index < -0.39 is 0 Å². The van der Waals surface area contributed by atoms with E-state index >= 15 is 0 Å². The van der Waals surface area contributed by atoms with E-state index in [9.17, 15) is 4.79 Å². The summed E-state index contributed by atoms with van der Waals surface area (Å²) in [6, 6.07) is 6.00. The molecule has 0 radical (unpaired) electrons. The lowest BCUT2D eigenvalue weighted by Gasteiger charge is -2.06. The minimum absolute atomic E-state index is 0.0364. The van der Waals surface area contributed by atoms with Gasteiger partial charge >= 0.3 is 5.97 Å². The molecule has 3 heteroatoms. The van der Waals surface area contributed by atoms with Crippen LogP contribution in [0.3, 0.4) is 0 Å². The quantitative estimate of drug-likeness (QED) is 0.812. The average Bonchev–Trinajstić information content (AvgIpc) is 3.09. The van der Waals surface area contributed by atoms with Crippen molar-refractivity contribution in [2.45, 2.75) is 32.8 Å². The van der Waals surface area contributed by atoms with Crippen molar-refractivity contribution in [2.24, 2.45) is 5.92 Å². The Morgan fingerprint density at radius 2 is 2.29 bits per heavy atom. The first-order valence-corrected chi connectivity index (χ1v) is 6.04. The van der Waals surface area contributed by atoms with Crippen molar-refractivity contribution in [3.63, 3.8) is 0 Å². The molecule has 2 unspecified atom stereocenters. The van der Waals surface area contributed by atoms with Gasteiger partial charge in [0.15, 0.2) is 0 Å². The van der Waals surface area contributed by atoms with Gasteiger partial charge in [-0.15, -0.1) is 0 Å². The lowest BCUT2D eigenvalue weighted by Crippen LogP contribution is -2.07. The van der Waals surface area contributed by atoms with Gasteiger partial charge in [-0.2, -0.15) is 0 Å². The Hall–Kier alpha value is -1.35. The molecule has 1 aromatic carbocycles. The number of aliphatic hydroxyl groups is 1. The summed E-state index contributed by atoms with van der Waals surface area (Å²) in [4.78, 5) is 11.5. The lowest BCUT2D eigenvalue weighted by atomic mass is 10.0. The molecule has 1 aliphatic rings. The first-order valence-electron chi connectivity index (χ1n) is 6.04.